The van der Waals surface area contributed by atoms with E-state index in [1.54, 1.807) is 38.1 Å². The van der Waals surface area contributed by atoms with Gasteiger partial charge in [-0.25, -0.2) is 0 Å². The summed E-state index contributed by atoms with van der Waals surface area (Å²) in [6, 6.07) is 5.62. The Bertz CT molecular complexity index is 660. The maximum atomic E-state index is 11.6. The summed E-state index contributed by atoms with van der Waals surface area (Å²) < 4.78 is 23.1. The molecule has 1 aromatic carbocycles. The van der Waals surface area contributed by atoms with Crippen LogP contribution in [0.2, 0.25) is 0 Å². The summed E-state index contributed by atoms with van der Waals surface area (Å²) in [5, 5.41) is 13.4. The molecule has 2 N–H and O–H groups in total. The number of aliphatic hydroxyl groups excluding tert-OH is 1. The lowest BCUT2D eigenvalue weighted by Gasteiger charge is -2.49. The van der Waals surface area contributed by atoms with Gasteiger partial charge in [0.15, 0.2) is 5.79 Å². The number of hydrogen-bond donors (Lipinski definition) is 2. The molecule has 142 valence electrons. The molecule has 0 bridgehead atoms. The van der Waals surface area contributed by atoms with Crippen LogP contribution >= 0.6 is 0 Å². The Labute approximate surface area is 151 Å². The van der Waals surface area contributed by atoms with E-state index in [1.165, 1.54) is 6.92 Å². The predicted molar refractivity (Wildman–Crippen MR) is 89.6 cm³/mol. The molecule has 2 aliphatic heterocycles. The van der Waals surface area contributed by atoms with Gasteiger partial charge in [0.25, 0.3) is 0 Å². The summed E-state index contributed by atoms with van der Waals surface area (Å²) in [6.45, 7) is 5.08. The third-order valence-electron chi connectivity index (χ3n) is 4.33. The van der Waals surface area contributed by atoms with Gasteiger partial charge in [0.05, 0.1) is 6.61 Å². The number of benzene rings is 1. The van der Waals surface area contributed by atoms with Gasteiger partial charge in [0.2, 0.25) is 12.2 Å². The second-order valence-corrected chi connectivity index (χ2v) is 6.86. The van der Waals surface area contributed by atoms with Crippen LogP contribution in [-0.2, 0) is 19.0 Å². The zero-order valence-electron chi connectivity index (χ0n) is 14.9. The molecular weight excluding hydrogens is 342 g/mol. The second kappa shape index (κ2) is 7.32. The number of fused-ring (bicyclic) bond motifs is 1. The van der Waals surface area contributed by atoms with Crippen LogP contribution in [0.1, 0.15) is 31.1 Å². The molecule has 0 saturated carbocycles. The fourth-order valence-corrected chi connectivity index (χ4v) is 3.09. The summed E-state index contributed by atoms with van der Waals surface area (Å²) in [4.78, 5) is 22.3. The summed E-state index contributed by atoms with van der Waals surface area (Å²) in [7, 11) is 0. The van der Waals surface area contributed by atoms with Crippen LogP contribution in [0.5, 0.6) is 5.75 Å². The highest BCUT2D eigenvalue weighted by atomic mass is 16.8. The summed E-state index contributed by atoms with van der Waals surface area (Å²) in [5.74, 6) is -0.739. The minimum atomic E-state index is -1.04. The Morgan fingerprint density at radius 2 is 2.04 bits per heavy atom. The largest absolute Gasteiger partial charge is 0.463 e. The molecular formula is C18H23NO7. The van der Waals surface area contributed by atoms with E-state index in [2.05, 4.69) is 5.32 Å². The van der Waals surface area contributed by atoms with Gasteiger partial charge < -0.3 is 29.4 Å². The number of aliphatic hydroxyl groups is 1. The lowest BCUT2D eigenvalue weighted by Crippen LogP contribution is -2.69. The van der Waals surface area contributed by atoms with Crippen LogP contribution in [0, 0.1) is 0 Å². The van der Waals surface area contributed by atoms with E-state index in [9.17, 15) is 14.7 Å². The Morgan fingerprint density at radius 1 is 1.35 bits per heavy atom. The first kappa shape index (κ1) is 18.8. The summed E-state index contributed by atoms with van der Waals surface area (Å²) in [6.07, 6.45) is -2.45. The highest BCUT2D eigenvalue weighted by molar-refractivity contribution is 5.75. The molecule has 2 heterocycles. The highest BCUT2D eigenvalue weighted by Gasteiger charge is 2.52. The molecule has 1 aromatic rings. The van der Waals surface area contributed by atoms with Crippen molar-refractivity contribution < 1.29 is 33.6 Å². The Balaban J connectivity index is 1.80. The lowest BCUT2D eigenvalue weighted by molar-refractivity contribution is -0.361. The van der Waals surface area contributed by atoms with Gasteiger partial charge in [0, 0.05) is 12.5 Å². The molecule has 1 amide bonds. The molecule has 8 heteroatoms. The third-order valence-corrected chi connectivity index (χ3v) is 4.33. The smallest absolute Gasteiger partial charge is 0.223 e. The maximum absolute atomic E-state index is 11.6. The lowest BCUT2D eigenvalue weighted by atomic mass is 9.95. The standard InChI is InChI=1S/C18H23NO7/c1-10(21)19-14-15(22)16-13(9-23-18(2,3)26-16)25-17(14)24-12-6-4-11(8-20)5-7-12/h4-8,13-17,22H,9H2,1-3H3,(H,19,21). The fourth-order valence-electron chi connectivity index (χ4n) is 3.09. The second-order valence-electron chi connectivity index (χ2n) is 6.86. The number of aldehydes is 1. The van der Waals surface area contributed by atoms with Crippen molar-refractivity contribution in [1.29, 1.82) is 0 Å². The molecule has 2 saturated heterocycles. The fraction of sp³-hybridized carbons (Fsp3) is 0.556. The Hall–Kier alpha value is -2.00. The van der Waals surface area contributed by atoms with Gasteiger partial charge in [-0.1, -0.05) is 0 Å². The molecule has 2 fully saturated rings. The monoisotopic (exact) mass is 365 g/mol. The highest BCUT2D eigenvalue weighted by Crippen LogP contribution is 2.33. The van der Waals surface area contributed by atoms with E-state index < -0.39 is 36.4 Å². The van der Waals surface area contributed by atoms with Crippen LogP contribution in [0.15, 0.2) is 24.3 Å². The molecule has 0 radical (unpaired) electrons. The quantitative estimate of drug-likeness (QED) is 0.754. The van der Waals surface area contributed by atoms with Gasteiger partial charge in [-0.05, 0) is 38.1 Å². The van der Waals surface area contributed by atoms with Crippen molar-refractivity contribution in [2.75, 3.05) is 6.61 Å². The van der Waals surface area contributed by atoms with Crippen LogP contribution in [0.3, 0.4) is 0 Å². The first-order valence-corrected chi connectivity index (χ1v) is 8.43. The molecule has 8 nitrogen and oxygen atoms in total. The number of carbonyl (C=O) groups is 2. The number of amides is 1. The number of ether oxygens (including phenoxy) is 4. The minimum absolute atomic E-state index is 0.228. The molecule has 2 aliphatic rings. The molecule has 0 spiro atoms. The van der Waals surface area contributed by atoms with Crippen molar-refractivity contribution >= 4 is 12.2 Å². The number of nitrogens with one attached hydrogen (secondary N) is 1. The zero-order valence-corrected chi connectivity index (χ0v) is 14.9. The molecule has 0 aliphatic carbocycles. The molecule has 5 unspecified atom stereocenters. The minimum Gasteiger partial charge on any atom is -0.463 e. The number of carbonyl (C=O) groups excluding carboxylic acids is 2. The van der Waals surface area contributed by atoms with E-state index in [1.807, 2.05) is 0 Å². The first-order valence-electron chi connectivity index (χ1n) is 8.43. The van der Waals surface area contributed by atoms with Crippen molar-refractivity contribution in [3.63, 3.8) is 0 Å². The normalized spacial score (nSPS) is 33.0. The van der Waals surface area contributed by atoms with Crippen molar-refractivity contribution in [3.8, 4) is 5.75 Å². The molecule has 3 rings (SSSR count). The van der Waals surface area contributed by atoms with E-state index in [0.717, 1.165) is 6.29 Å². The third kappa shape index (κ3) is 4.04. The van der Waals surface area contributed by atoms with E-state index >= 15 is 0 Å². The summed E-state index contributed by atoms with van der Waals surface area (Å²) in [5.41, 5.74) is 0.511. The zero-order chi connectivity index (χ0) is 18.9. The van der Waals surface area contributed by atoms with Gasteiger partial charge in [0.1, 0.15) is 36.4 Å². The number of rotatable bonds is 4. The van der Waals surface area contributed by atoms with Gasteiger partial charge in [-0.3, -0.25) is 9.59 Å². The SMILES string of the molecule is CC(=O)NC1C(Oc2ccc(C=O)cc2)OC2COC(C)(C)OC2C1O. The molecule has 5 atom stereocenters. The Kier molecular flexibility index (Phi) is 5.29. The van der Waals surface area contributed by atoms with Crippen molar-refractivity contribution in [1.82, 2.24) is 5.32 Å². The van der Waals surface area contributed by atoms with Crippen molar-refractivity contribution in [2.45, 2.75) is 57.2 Å². The first-order chi connectivity index (χ1) is 12.3. The molecule has 0 aromatic heterocycles. The van der Waals surface area contributed by atoms with Crippen LogP contribution < -0.4 is 10.1 Å². The molecule has 26 heavy (non-hydrogen) atoms. The van der Waals surface area contributed by atoms with E-state index in [0.29, 0.717) is 11.3 Å². The van der Waals surface area contributed by atoms with E-state index in [4.69, 9.17) is 18.9 Å². The topological polar surface area (TPSA) is 103 Å². The van der Waals surface area contributed by atoms with Gasteiger partial charge >= 0.3 is 0 Å². The van der Waals surface area contributed by atoms with Gasteiger partial charge in [-0.15, -0.1) is 0 Å². The van der Waals surface area contributed by atoms with Crippen LogP contribution in [0.4, 0.5) is 0 Å². The van der Waals surface area contributed by atoms with E-state index in [-0.39, 0.29) is 12.5 Å². The Morgan fingerprint density at radius 3 is 2.65 bits per heavy atom. The average molecular weight is 365 g/mol. The maximum Gasteiger partial charge on any atom is 0.223 e. The van der Waals surface area contributed by atoms with Crippen molar-refractivity contribution in [2.24, 2.45) is 0 Å². The van der Waals surface area contributed by atoms with Crippen molar-refractivity contribution in [3.05, 3.63) is 29.8 Å². The predicted octanol–water partition coefficient (Wildman–Crippen LogP) is 0.620. The average Bonchev–Trinajstić information content (AvgIpc) is 2.59. The van der Waals surface area contributed by atoms with Crippen LogP contribution in [-0.4, -0.2) is 60.3 Å². The van der Waals surface area contributed by atoms with Gasteiger partial charge in [-0.2, -0.15) is 0 Å². The number of hydrogen-bond acceptors (Lipinski definition) is 7. The van der Waals surface area contributed by atoms with Crippen LogP contribution in [0.25, 0.3) is 0 Å². The summed E-state index contributed by atoms with van der Waals surface area (Å²) >= 11 is 0.